The van der Waals surface area contributed by atoms with Gasteiger partial charge in [0, 0.05) is 6.54 Å². The maximum atomic E-state index is 11.4. The smallest absolute Gasteiger partial charge is 0.408 e. The zero-order valence-electron chi connectivity index (χ0n) is 10.5. The SMILES string of the molecule is COC(=O)[C@@H](CN)NC(=O)OCc1ccccc1.Cl. The number of halogens is 1. The Morgan fingerprint density at radius 2 is 1.95 bits per heavy atom. The quantitative estimate of drug-likeness (QED) is 0.783. The van der Waals surface area contributed by atoms with Gasteiger partial charge in [-0.1, -0.05) is 30.3 Å². The summed E-state index contributed by atoms with van der Waals surface area (Å²) in [6.07, 6.45) is -0.709. The standard InChI is InChI=1S/C12H16N2O4.ClH/c1-17-11(15)10(7-13)14-12(16)18-8-9-5-3-2-4-6-9;/h2-6,10H,7-8,13H2,1H3,(H,14,16);1H/t10-;/m1./s1. The number of nitrogens with two attached hydrogens (primary N) is 1. The molecule has 1 amide bonds. The molecule has 0 heterocycles. The minimum absolute atomic E-state index is 0. The molecule has 0 fully saturated rings. The second-order valence-corrected chi connectivity index (χ2v) is 3.52. The van der Waals surface area contributed by atoms with Crippen molar-refractivity contribution in [2.24, 2.45) is 5.73 Å². The van der Waals surface area contributed by atoms with Crippen LogP contribution >= 0.6 is 12.4 Å². The van der Waals surface area contributed by atoms with Crippen LogP contribution in [0.25, 0.3) is 0 Å². The summed E-state index contributed by atoms with van der Waals surface area (Å²) in [5.41, 5.74) is 6.19. The average Bonchev–Trinajstić information content (AvgIpc) is 2.42. The van der Waals surface area contributed by atoms with Crippen LogP contribution in [0.1, 0.15) is 5.56 Å². The van der Waals surface area contributed by atoms with Gasteiger partial charge in [-0.15, -0.1) is 12.4 Å². The summed E-state index contributed by atoms with van der Waals surface area (Å²) < 4.78 is 9.42. The maximum absolute atomic E-state index is 11.4. The Morgan fingerprint density at radius 3 is 2.47 bits per heavy atom. The van der Waals surface area contributed by atoms with Crippen LogP contribution in [0.5, 0.6) is 0 Å². The third-order valence-corrected chi connectivity index (χ3v) is 2.23. The molecule has 1 aromatic carbocycles. The summed E-state index contributed by atoms with van der Waals surface area (Å²) in [6, 6.07) is 8.31. The predicted molar refractivity (Wildman–Crippen MR) is 71.9 cm³/mol. The number of esters is 1. The van der Waals surface area contributed by atoms with Crippen molar-refractivity contribution >= 4 is 24.5 Å². The summed E-state index contributed by atoms with van der Waals surface area (Å²) in [7, 11) is 1.22. The number of methoxy groups -OCH3 is 1. The Morgan fingerprint density at radius 1 is 1.32 bits per heavy atom. The van der Waals surface area contributed by atoms with E-state index in [-0.39, 0.29) is 25.6 Å². The number of carbonyl (C=O) groups excluding carboxylic acids is 2. The molecule has 0 aliphatic carbocycles. The van der Waals surface area contributed by atoms with Crippen LogP contribution in [-0.4, -0.2) is 31.8 Å². The van der Waals surface area contributed by atoms with Crippen molar-refractivity contribution in [3.63, 3.8) is 0 Å². The fourth-order valence-electron chi connectivity index (χ4n) is 1.26. The van der Waals surface area contributed by atoms with Crippen molar-refractivity contribution in [2.75, 3.05) is 13.7 Å². The molecule has 0 radical (unpaired) electrons. The molecule has 7 heteroatoms. The summed E-state index contributed by atoms with van der Waals surface area (Å²) in [5.74, 6) is -0.603. The van der Waals surface area contributed by atoms with E-state index in [0.29, 0.717) is 0 Å². The highest BCUT2D eigenvalue weighted by Crippen LogP contribution is 2.00. The molecule has 0 bridgehead atoms. The minimum Gasteiger partial charge on any atom is -0.467 e. The fourth-order valence-corrected chi connectivity index (χ4v) is 1.26. The highest BCUT2D eigenvalue weighted by Gasteiger charge is 2.20. The number of ether oxygens (including phenoxy) is 2. The molecule has 1 rings (SSSR count). The molecule has 0 aliphatic heterocycles. The molecular formula is C12H17ClN2O4. The molecule has 1 atom stereocenters. The van der Waals surface area contributed by atoms with E-state index in [1.54, 1.807) is 0 Å². The van der Waals surface area contributed by atoms with Gasteiger partial charge in [-0.3, -0.25) is 0 Å². The van der Waals surface area contributed by atoms with Gasteiger partial charge < -0.3 is 20.5 Å². The molecule has 6 nitrogen and oxygen atoms in total. The molecule has 3 N–H and O–H groups in total. The number of rotatable bonds is 5. The summed E-state index contributed by atoms with van der Waals surface area (Å²) in [5, 5.41) is 2.33. The highest BCUT2D eigenvalue weighted by atomic mass is 35.5. The van der Waals surface area contributed by atoms with Crippen LogP contribution in [0.15, 0.2) is 30.3 Å². The normalized spacial score (nSPS) is 10.8. The first-order valence-corrected chi connectivity index (χ1v) is 5.42. The van der Waals surface area contributed by atoms with E-state index in [2.05, 4.69) is 10.1 Å². The van der Waals surface area contributed by atoms with Gasteiger partial charge in [0.15, 0.2) is 0 Å². The third kappa shape index (κ3) is 6.08. The van der Waals surface area contributed by atoms with Gasteiger partial charge in [-0.25, -0.2) is 9.59 Å². The van der Waals surface area contributed by atoms with Crippen molar-refractivity contribution in [2.45, 2.75) is 12.6 Å². The van der Waals surface area contributed by atoms with E-state index in [0.717, 1.165) is 5.56 Å². The lowest BCUT2D eigenvalue weighted by molar-refractivity contribution is -0.142. The van der Waals surface area contributed by atoms with Crippen LogP contribution in [0.2, 0.25) is 0 Å². The molecular weight excluding hydrogens is 272 g/mol. The lowest BCUT2D eigenvalue weighted by Gasteiger charge is -2.14. The van der Waals surface area contributed by atoms with Gasteiger partial charge in [0.1, 0.15) is 12.6 Å². The summed E-state index contributed by atoms with van der Waals surface area (Å²) in [4.78, 5) is 22.6. The van der Waals surface area contributed by atoms with Crippen LogP contribution in [0, 0.1) is 0 Å². The van der Waals surface area contributed by atoms with Gasteiger partial charge in [-0.2, -0.15) is 0 Å². The number of benzene rings is 1. The Bertz CT molecular complexity index is 400. The summed E-state index contributed by atoms with van der Waals surface area (Å²) >= 11 is 0. The third-order valence-electron chi connectivity index (χ3n) is 2.23. The first-order chi connectivity index (χ1) is 8.67. The highest BCUT2D eigenvalue weighted by molar-refractivity contribution is 5.85. The van der Waals surface area contributed by atoms with Gasteiger partial charge in [0.2, 0.25) is 0 Å². The lowest BCUT2D eigenvalue weighted by atomic mass is 10.2. The summed E-state index contributed by atoms with van der Waals surface area (Å²) in [6.45, 7) is 0.0816. The van der Waals surface area contributed by atoms with E-state index in [1.807, 2.05) is 30.3 Å². The predicted octanol–water partition coefficient (Wildman–Crippen LogP) is 0.835. The molecule has 1 aromatic rings. The van der Waals surface area contributed by atoms with Crippen molar-refractivity contribution in [1.82, 2.24) is 5.32 Å². The molecule has 0 saturated carbocycles. The van der Waals surface area contributed by atoms with Crippen LogP contribution in [0.4, 0.5) is 4.79 Å². The van der Waals surface area contributed by atoms with Crippen molar-refractivity contribution in [1.29, 1.82) is 0 Å². The minimum atomic E-state index is -0.890. The Hall–Kier alpha value is -1.79. The van der Waals surface area contributed by atoms with Gasteiger partial charge in [0.05, 0.1) is 7.11 Å². The first kappa shape index (κ1) is 17.2. The fraction of sp³-hybridized carbons (Fsp3) is 0.333. The maximum Gasteiger partial charge on any atom is 0.408 e. The van der Waals surface area contributed by atoms with Gasteiger partial charge in [-0.05, 0) is 5.56 Å². The molecule has 19 heavy (non-hydrogen) atoms. The molecule has 0 aliphatic rings. The molecule has 0 spiro atoms. The van der Waals surface area contributed by atoms with Gasteiger partial charge in [0.25, 0.3) is 0 Å². The zero-order valence-corrected chi connectivity index (χ0v) is 11.3. The van der Waals surface area contributed by atoms with Crippen LogP contribution < -0.4 is 11.1 Å². The van der Waals surface area contributed by atoms with E-state index >= 15 is 0 Å². The molecule has 106 valence electrons. The van der Waals surface area contributed by atoms with E-state index < -0.39 is 18.1 Å². The van der Waals surface area contributed by atoms with E-state index in [9.17, 15) is 9.59 Å². The van der Waals surface area contributed by atoms with Crippen LogP contribution in [0.3, 0.4) is 0 Å². The Kier molecular flexibility index (Phi) is 8.32. The van der Waals surface area contributed by atoms with Gasteiger partial charge >= 0.3 is 12.1 Å². The monoisotopic (exact) mass is 288 g/mol. The number of carbonyl (C=O) groups is 2. The van der Waals surface area contributed by atoms with Crippen molar-refractivity contribution < 1.29 is 19.1 Å². The second kappa shape index (κ2) is 9.18. The number of nitrogens with one attached hydrogen (secondary N) is 1. The number of hydrogen-bond acceptors (Lipinski definition) is 5. The Balaban J connectivity index is 0.00000324. The topological polar surface area (TPSA) is 90.6 Å². The second-order valence-electron chi connectivity index (χ2n) is 3.52. The van der Waals surface area contributed by atoms with Crippen LogP contribution in [-0.2, 0) is 20.9 Å². The first-order valence-electron chi connectivity index (χ1n) is 5.42. The number of amides is 1. The number of hydrogen-bond donors (Lipinski definition) is 2. The zero-order chi connectivity index (χ0) is 13.4. The van der Waals surface area contributed by atoms with E-state index in [1.165, 1.54) is 7.11 Å². The Labute approximate surface area is 117 Å². The molecule has 0 saturated heterocycles. The largest absolute Gasteiger partial charge is 0.467 e. The average molecular weight is 289 g/mol. The van der Waals surface area contributed by atoms with Crippen molar-refractivity contribution in [3.8, 4) is 0 Å². The van der Waals surface area contributed by atoms with Crippen molar-refractivity contribution in [3.05, 3.63) is 35.9 Å². The molecule has 0 aromatic heterocycles. The number of alkyl carbamates (subject to hydrolysis) is 1. The van der Waals surface area contributed by atoms with E-state index in [4.69, 9.17) is 10.5 Å². The lowest BCUT2D eigenvalue weighted by Crippen LogP contribution is -2.46. The molecule has 0 unspecified atom stereocenters.